The first kappa shape index (κ1) is 42.7. The molecule has 43 heavy (non-hydrogen) atoms. The second-order valence-corrected chi connectivity index (χ2v) is 11.7. The fourth-order valence-corrected chi connectivity index (χ4v) is 5.14. The molecular weight excluding hydrogens is 632 g/mol. The van der Waals surface area contributed by atoms with Gasteiger partial charge < -0.3 is 45.4 Å². The van der Waals surface area contributed by atoms with Crippen molar-refractivity contribution in [1.29, 1.82) is 0 Å². The molecule has 0 fully saturated rings. The summed E-state index contributed by atoms with van der Waals surface area (Å²) in [5.41, 5.74) is 0. The van der Waals surface area contributed by atoms with Crippen molar-refractivity contribution in [3.63, 3.8) is 0 Å². The first-order valence-electron chi connectivity index (χ1n) is 16.7. The second-order valence-electron chi connectivity index (χ2n) is 10.6. The highest BCUT2D eigenvalue weighted by Gasteiger charge is 2.07. The van der Waals surface area contributed by atoms with Gasteiger partial charge in [-0.1, -0.05) is 90.4 Å². The summed E-state index contributed by atoms with van der Waals surface area (Å²) in [5.74, 6) is 0.867. The number of aromatic nitrogens is 2. The minimum atomic E-state index is 0. The van der Waals surface area contributed by atoms with Gasteiger partial charge in [0, 0.05) is 18.4 Å². The third-order valence-corrected chi connectivity index (χ3v) is 7.87. The number of thioether (sulfide) groups is 1. The predicted octanol–water partition coefficient (Wildman–Crippen LogP) is 3.58. The van der Waals surface area contributed by atoms with E-state index in [1.807, 2.05) is 23.9 Å². The molecule has 1 aromatic heterocycles. The van der Waals surface area contributed by atoms with Crippen molar-refractivity contribution in [2.24, 2.45) is 7.05 Å². The molecule has 0 aliphatic heterocycles. The number of halogens is 1. The van der Waals surface area contributed by atoms with E-state index >= 15 is 0 Å². The first-order chi connectivity index (χ1) is 20.8. The second kappa shape index (κ2) is 36.1. The summed E-state index contributed by atoms with van der Waals surface area (Å²) < 4.78 is 35.4. The number of ether oxygens (including phenoxy) is 6. The Morgan fingerprint density at radius 3 is 1.33 bits per heavy atom. The standard InChI is InChI=1S/C33H63N2O6S.BrH/c1-3-4-5-6-7-8-9-10-11-12-13-14-15-16-20-36-21-22-37-23-24-38-25-26-39-27-28-40-29-30-41-31-32-42-33-34-18-17-19-35(33)2;/h17-19H,3-16,20-32H2,1-2H3;1H/q+1;/p-1. The van der Waals surface area contributed by atoms with E-state index in [0.717, 1.165) is 23.9 Å². The molecule has 10 heteroatoms. The highest BCUT2D eigenvalue weighted by molar-refractivity contribution is 7.99. The van der Waals surface area contributed by atoms with Crippen molar-refractivity contribution in [2.75, 3.05) is 85.0 Å². The van der Waals surface area contributed by atoms with Gasteiger partial charge in [0.2, 0.25) is 0 Å². The summed E-state index contributed by atoms with van der Waals surface area (Å²) >= 11 is 1.68. The van der Waals surface area contributed by atoms with Crippen molar-refractivity contribution in [3.05, 3.63) is 18.5 Å². The smallest absolute Gasteiger partial charge is 0.358 e. The molecule has 0 unspecified atom stereocenters. The normalized spacial score (nSPS) is 11.2. The van der Waals surface area contributed by atoms with Crippen LogP contribution in [0.4, 0.5) is 0 Å². The maximum absolute atomic E-state index is 5.68. The molecule has 0 N–H and O–H groups in total. The van der Waals surface area contributed by atoms with Crippen LogP contribution in [0.15, 0.2) is 23.6 Å². The van der Waals surface area contributed by atoms with E-state index in [4.69, 9.17) is 28.4 Å². The van der Waals surface area contributed by atoms with Gasteiger partial charge in [0.15, 0.2) is 0 Å². The van der Waals surface area contributed by atoms with E-state index < -0.39 is 0 Å². The summed E-state index contributed by atoms with van der Waals surface area (Å²) in [6, 6.07) is 1.92. The Balaban J connectivity index is 0.0000176. The van der Waals surface area contributed by atoms with Gasteiger partial charge in [0.1, 0.15) is 6.20 Å². The molecule has 0 bridgehead atoms. The molecule has 0 aliphatic rings. The number of hydrogen-bond donors (Lipinski definition) is 0. The van der Waals surface area contributed by atoms with Crippen molar-refractivity contribution >= 4 is 11.8 Å². The fraction of sp³-hybridized carbons (Fsp3) is 0.879. The number of rotatable bonds is 34. The Kier molecular flexibility index (Phi) is 35.9. The van der Waals surface area contributed by atoms with E-state index in [9.17, 15) is 0 Å². The van der Waals surface area contributed by atoms with Gasteiger partial charge in [-0.15, -0.1) is 0 Å². The van der Waals surface area contributed by atoms with Crippen molar-refractivity contribution in [1.82, 2.24) is 4.98 Å². The van der Waals surface area contributed by atoms with Crippen LogP contribution in [0.5, 0.6) is 0 Å². The maximum Gasteiger partial charge on any atom is 0.358 e. The molecule has 1 rings (SSSR count). The zero-order chi connectivity index (χ0) is 30.0. The highest BCUT2D eigenvalue weighted by atomic mass is 79.9. The van der Waals surface area contributed by atoms with Crippen LogP contribution >= 0.6 is 11.8 Å². The third kappa shape index (κ3) is 31.4. The fourth-order valence-electron chi connectivity index (χ4n) is 4.36. The topological polar surface area (TPSA) is 72.2 Å². The van der Waals surface area contributed by atoms with Gasteiger partial charge in [-0.25, -0.2) is 4.57 Å². The van der Waals surface area contributed by atoms with Gasteiger partial charge >= 0.3 is 5.16 Å². The Morgan fingerprint density at radius 1 is 0.535 bits per heavy atom. The molecule has 0 atom stereocenters. The average molecular weight is 696 g/mol. The van der Waals surface area contributed by atoms with E-state index in [1.54, 1.807) is 18.0 Å². The molecule has 0 saturated carbocycles. The van der Waals surface area contributed by atoms with Crippen molar-refractivity contribution in [2.45, 2.75) is 102 Å². The van der Waals surface area contributed by atoms with E-state index in [2.05, 4.69) is 11.9 Å². The summed E-state index contributed by atoms with van der Waals surface area (Å²) in [7, 11) is 1.99. The summed E-state index contributed by atoms with van der Waals surface area (Å²) in [5, 5.41) is 0.987. The van der Waals surface area contributed by atoms with Gasteiger partial charge in [-0.3, -0.25) is 0 Å². The lowest BCUT2D eigenvalue weighted by Gasteiger charge is -2.08. The molecule has 0 radical (unpaired) electrons. The minimum absolute atomic E-state index is 0. The number of nitrogens with zero attached hydrogens (tertiary/aromatic N) is 2. The molecule has 0 spiro atoms. The lowest BCUT2D eigenvalue weighted by atomic mass is 10.0. The zero-order valence-electron chi connectivity index (χ0n) is 27.5. The number of aryl methyl sites for hydroxylation is 1. The monoisotopic (exact) mass is 694 g/mol. The van der Waals surface area contributed by atoms with Crippen LogP contribution in [0.25, 0.3) is 0 Å². The highest BCUT2D eigenvalue weighted by Crippen LogP contribution is 2.13. The Morgan fingerprint density at radius 2 is 0.907 bits per heavy atom. The maximum atomic E-state index is 5.68. The Bertz CT molecular complexity index is 680. The average Bonchev–Trinajstić information content (AvgIpc) is 3.00. The van der Waals surface area contributed by atoms with Crippen LogP contribution in [-0.4, -0.2) is 90.0 Å². The van der Waals surface area contributed by atoms with Crippen LogP contribution in [0.2, 0.25) is 0 Å². The van der Waals surface area contributed by atoms with E-state index in [0.29, 0.717) is 72.7 Å². The Hall–Kier alpha value is -0.330. The molecule has 0 aromatic carbocycles. The molecule has 254 valence electrons. The van der Waals surface area contributed by atoms with Crippen molar-refractivity contribution in [3.8, 4) is 0 Å². The largest absolute Gasteiger partial charge is 1.00 e. The SMILES string of the molecule is CCCCCCCCCCCCCCCCOCCOCCOCCOCCOCCOCCSc1nccc[n+]1C.[Br-]. The van der Waals surface area contributed by atoms with Crippen LogP contribution in [-0.2, 0) is 35.5 Å². The van der Waals surface area contributed by atoms with Gasteiger partial charge in [0.25, 0.3) is 0 Å². The molecule has 0 aliphatic carbocycles. The van der Waals surface area contributed by atoms with E-state index in [1.165, 1.54) is 83.5 Å². The van der Waals surface area contributed by atoms with Crippen molar-refractivity contribution < 1.29 is 50.0 Å². The van der Waals surface area contributed by atoms with Gasteiger partial charge in [-0.2, -0.15) is 0 Å². The molecular formula is C33H63BrN2O6S. The van der Waals surface area contributed by atoms with Crippen LogP contribution in [0.3, 0.4) is 0 Å². The number of unbranched alkanes of at least 4 members (excludes halogenated alkanes) is 13. The quantitative estimate of drug-likeness (QED) is 0.0470. The summed E-state index contributed by atoms with van der Waals surface area (Å²) in [6.45, 7) is 9.66. The summed E-state index contributed by atoms with van der Waals surface area (Å²) in [4.78, 5) is 4.33. The lowest BCUT2D eigenvalue weighted by molar-refractivity contribution is -0.713. The first-order valence-corrected chi connectivity index (χ1v) is 17.7. The minimum Gasteiger partial charge on any atom is -1.00 e. The van der Waals surface area contributed by atoms with E-state index in [-0.39, 0.29) is 17.0 Å². The molecule has 8 nitrogen and oxygen atoms in total. The molecule has 0 amide bonds. The van der Waals surface area contributed by atoms with Crippen LogP contribution in [0.1, 0.15) is 96.8 Å². The van der Waals surface area contributed by atoms with Crippen LogP contribution in [0, 0.1) is 0 Å². The molecule has 1 heterocycles. The third-order valence-electron chi connectivity index (χ3n) is 6.84. The zero-order valence-corrected chi connectivity index (χ0v) is 29.9. The molecule has 0 saturated heterocycles. The lowest BCUT2D eigenvalue weighted by Crippen LogP contribution is -3.00. The predicted molar refractivity (Wildman–Crippen MR) is 171 cm³/mol. The molecule has 1 aromatic rings. The van der Waals surface area contributed by atoms with Gasteiger partial charge in [0.05, 0.1) is 85.9 Å². The van der Waals surface area contributed by atoms with Crippen LogP contribution < -0.4 is 21.5 Å². The van der Waals surface area contributed by atoms with Gasteiger partial charge in [-0.05, 0) is 23.2 Å². The summed E-state index contributed by atoms with van der Waals surface area (Å²) in [6.07, 6.45) is 23.1. The Labute approximate surface area is 278 Å². The number of hydrogen-bond acceptors (Lipinski definition) is 8.